The van der Waals surface area contributed by atoms with E-state index in [4.69, 9.17) is 14.6 Å². The minimum atomic E-state index is -1.02. The lowest BCUT2D eigenvalue weighted by Gasteiger charge is -2.15. The molecule has 2 rings (SSSR count). The molecule has 0 saturated carbocycles. The largest absolute Gasteiger partial charge is 0.493 e. The summed E-state index contributed by atoms with van der Waals surface area (Å²) < 4.78 is 11.1. The molecular weight excluding hydrogens is 344 g/mol. The maximum atomic E-state index is 12.2. The molecule has 0 aliphatic rings. The van der Waals surface area contributed by atoms with Crippen molar-refractivity contribution in [3.63, 3.8) is 0 Å². The van der Waals surface area contributed by atoms with E-state index in [1.807, 2.05) is 0 Å². The third-order valence-electron chi connectivity index (χ3n) is 4.43. The zero-order valence-electron chi connectivity index (χ0n) is 15.8. The number of carboxylic acid groups (broad SMARTS) is 1. The number of unbranched alkanes of at least 4 members (excludes halogenated alkanes) is 1. The second-order valence-electron chi connectivity index (χ2n) is 6.47. The van der Waals surface area contributed by atoms with Gasteiger partial charge < -0.3 is 14.6 Å². The van der Waals surface area contributed by atoms with Crippen LogP contribution in [-0.4, -0.2) is 23.7 Å². The van der Waals surface area contributed by atoms with Gasteiger partial charge in [0, 0.05) is 0 Å². The maximum Gasteiger partial charge on any atom is 0.343 e. The summed E-state index contributed by atoms with van der Waals surface area (Å²) in [7, 11) is 0. The zero-order chi connectivity index (χ0) is 19.6. The predicted molar refractivity (Wildman–Crippen MR) is 104 cm³/mol. The average molecular weight is 370 g/mol. The lowest BCUT2D eigenvalue weighted by molar-refractivity contribution is 0.0696. The van der Waals surface area contributed by atoms with Gasteiger partial charge in [0.05, 0.1) is 17.7 Å². The number of benzene rings is 2. The van der Waals surface area contributed by atoms with Gasteiger partial charge in [0.25, 0.3) is 0 Å². The van der Waals surface area contributed by atoms with Crippen molar-refractivity contribution in [3.8, 4) is 11.5 Å². The van der Waals surface area contributed by atoms with Gasteiger partial charge in [0.2, 0.25) is 0 Å². The summed E-state index contributed by atoms with van der Waals surface area (Å²) in [5, 5.41) is 8.88. The number of ether oxygens (including phenoxy) is 2. The highest BCUT2D eigenvalue weighted by atomic mass is 16.5. The highest BCUT2D eigenvalue weighted by Crippen LogP contribution is 2.19. The summed E-state index contributed by atoms with van der Waals surface area (Å²) in [6.45, 7) is 5.04. The molecule has 0 spiro atoms. The molecule has 0 aromatic heterocycles. The van der Waals surface area contributed by atoms with Crippen molar-refractivity contribution < 1.29 is 24.2 Å². The van der Waals surface area contributed by atoms with Crippen LogP contribution in [0.4, 0.5) is 0 Å². The van der Waals surface area contributed by atoms with Crippen LogP contribution in [0.25, 0.3) is 0 Å². The first-order valence-electron chi connectivity index (χ1n) is 9.31. The molecule has 2 aromatic carbocycles. The van der Waals surface area contributed by atoms with Gasteiger partial charge in [-0.15, -0.1) is 0 Å². The summed E-state index contributed by atoms with van der Waals surface area (Å²) in [6, 6.07) is 12.6. The van der Waals surface area contributed by atoms with E-state index in [9.17, 15) is 9.59 Å². The third kappa shape index (κ3) is 6.44. The van der Waals surface area contributed by atoms with E-state index in [1.54, 1.807) is 24.3 Å². The Morgan fingerprint density at radius 1 is 0.926 bits per heavy atom. The SMILES string of the molecule is CCCCC(CC)COc1ccc(C(=O)Oc2ccc(C(=O)O)cc2)cc1. The van der Waals surface area contributed by atoms with Crippen LogP contribution in [0.2, 0.25) is 0 Å². The van der Waals surface area contributed by atoms with Gasteiger partial charge in [0.15, 0.2) is 0 Å². The molecule has 2 aromatic rings. The summed E-state index contributed by atoms with van der Waals surface area (Å²) in [4.78, 5) is 23.0. The first-order chi connectivity index (χ1) is 13.0. The van der Waals surface area contributed by atoms with Gasteiger partial charge in [-0.1, -0.05) is 33.1 Å². The van der Waals surface area contributed by atoms with Gasteiger partial charge in [-0.25, -0.2) is 9.59 Å². The molecule has 0 aliphatic heterocycles. The van der Waals surface area contributed by atoms with E-state index in [-0.39, 0.29) is 5.56 Å². The van der Waals surface area contributed by atoms with E-state index >= 15 is 0 Å². The van der Waals surface area contributed by atoms with Gasteiger partial charge in [-0.3, -0.25) is 0 Å². The number of rotatable bonds is 10. The molecule has 0 aliphatic carbocycles. The van der Waals surface area contributed by atoms with Crippen molar-refractivity contribution in [1.82, 2.24) is 0 Å². The van der Waals surface area contributed by atoms with Crippen LogP contribution in [0.5, 0.6) is 11.5 Å². The monoisotopic (exact) mass is 370 g/mol. The Labute approximate surface area is 159 Å². The summed E-state index contributed by atoms with van der Waals surface area (Å²) >= 11 is 0. The summed E-state index contributed by atoms with van der Waals surface area (Å²) in [5.74, 6) is 0.0465. The van der Waals surface area contributed by atoms with Crippen LogP contribution in [0.3, 0.4) is 0 Å². The fourth-order valence-corrected chi connectivity index (χ4v) is 2.63. The molecule has 0 radical (unpaired) electrons. The minimum Gasteiger partial charge on any atom is -0.493 e. The Kier molecular flexibility index (Phi) is 7.86. The van der Waals surface area contributed by atoms with E-state index in [0.717, 1.165) is 18.6 Å². The maximum absolute atomic E-state index is 12.2. The normalized spacial score (nSPS) is 11.6. The van der Waals surface area contributed by atoms with Gasteiger partial charge in [0.1, 0.15) is 11.5 Å². The van der Waals surface area contributed by atoms with Crippen molar-refractivity contribution in [2.45, 2.75) is 39.5 Å². The second-order valence-corrected chi connectivity index (χ2v) is 6.47. The Morgan fingerprint density at radius 2 is 1.52 bits per heavy atom. The average Bonchev–Trinajstić information content (AvgIpc) is 2.69. The number of esters is 1. The Hall–Kier alpha value is -2.82. The van der Waals surface area contributed by atoms with Gasteiger partial charge >= 0.3 is 11.9 Å². The smallest absolute Gasteiger partial charge is 0.343 e. The lowest BCUT2D eigenvalue weighted by Crippen LogP contribution is -2.12. The van der Waals surface area contributed by atoms with Crippen molar-refractivity contribution >= 4 is 11.9 Å². The second kappa shape index (κ2) is 10.4. The number of aromatic carboxylic acids is 1. The fourth-order valence-electron chi connectivity index (χ4n) is 2.63. The molecule has 0 heterocycles. The molecule has 5 nitrogen and oxygen atoms in total. The standard InChI is InChI=1S/C22H26O5/c1-3-5-6-16(4-2)15-26-19-11-9-18(10-12-19)22(25)27-20-13-7-17(8-14-20)21(23)24/h7-14,16H,3-6,15H2,1-2H3,(H,23,24). The lowest BCUT2D eigenvalue weighted by atomic mass is 10.0. The van der Waals surface area contributed by atoms with Gasteiger partial charge in [-0.05, 0) is 60.9 Å². The molecule has 144 valence electrons. The molecule has 0 bridgehead atoms. The van der Waals surface area contributed by atoms with Crippen molar-refractivity contribution in [3.05, 3.63) is 59.7 Å². The van der Waals surface area contributed by atoms with Crippen LogP contribution < -0.4 is 9.47 Å². The predicted octanol–water partition coefficient (Wildman–Crippen LogP) is 5.20. The summed E-state index contributed by atoms with van der Waals surface area (Å²) in [5.41, 5.74) is 0.545. The molecule has 0 amide bonds. The molecular formula is C22H26O5. The molecule has 1 unspecified atom stereocenters. The topological polar surface area (TPSA) is 72.8 Å². The van der Waals surface area contributed by atoms with E-state index in [1.165, 1.54) is 37.1 Å². The van der Waals surface area contributed by atoms with Crippen LogP contribution >= 0.6 is 0 Å². The molecule has 0 fully saturated rings. The van der Waals surface area contributed by atoms with Crippen molar-refractivity contribution in [2.24, 2.45) is 5.92 Å². The first kappa shape index (κ1) is 20.5. The Balaban J connectivity index is 1.89. The van der Waals surface area contributed by atoms with E-state index < -0.39 is 11.9 Å². The number of carbonyl (C=O) groups excluding carboxylic acids is 1. The van der Waals surface area contributed by atoms with Crippen LogP contribution in [0.15, 0.2) is 48.5 Å². The molecule has 1 N–H and O–H groups in total. The zero-order valence-corrected chi connectivity index (χ0v) is 15.8. The molecule has 0 saturated heterocycles. The van der Waals surface area contributed by atoms with Crippen LogP contribution in [0, 0.1) is 5.92 Å². The highest BCUT2D eigenvalue weighted by molar-refractivity contribution is 5.91. The number of hydrogen-bond acceptors (Lipinski definition) is 4. The van der Waals surface area contributed by atoms with E-state index in [0.29, 0.717) is 23.8 Å². The van der Waals surface area contributed by atoms with Gasteiger partial charge in [-0.2, -0.15) is 0 Å². The van der Waals surface area contributed by atoms with Crippen LogP contribution in [0.1, 0.15) is 60.2 Å². The fraction of sp³-hybridized carbons (Fsp3) is 0.364. The molecule has 1 atom stereocenters. The highest BCUT2D eigenvalue weighted by Gasteiger charge is 2.11. The third-order valence-corrected chi connectivity index (χ3v) is 4.43. The van der Waals surface area contributed by atoms with Crippen LogP contribution in [-0.2, 0) is 0 Å². The van der Waals surface area contributed by atoms with Crippen molar-refractivity contribution in [1.29, 1.82) is 0 Å². The molecule has 5 heteroatoms. The van der Waals surface area contributed by atoms with Crippen molar-refractivity contribution in [2.75, 3.05) is 6.61 Å². The minimum absolute atomic E-state index is 0.139. The van der Waals surface area contributed by atoms with E-state index in [2.05, 4.69) is 13.8 Å². The number of carboxylic acids is 1. The Morgan fingerprint density at radius 3 is 2.07 bits per heavy atom. The number of carbonyl (C=O) groups is 2. The first-order valence-corrected chi connectivity index (χ1v) is 9.31. The quantitative estimate of drug-likeness (QED) is 0.460. The summed E-state index contributed by atoms with van der Waals surface area (Å²) in [6.07, 6.45) is 4.65. The Bertz CT molecular complexity index is 734. The number of hydrogen-bond donors (Lipinski definition) is 1. The molecule has 27 heavy (non-hydrogen) atoms.